The first-order valence-electron chi connectivity index (χ1n) is 30.8. The van der Waals surface area contributed by atoms with E-state index >= 15 is 0 Å². The van der Waals surface area contributed by atoms with Crippen LogP contribution in [0.15, 0.2) is 48.6 Å². The maximum Gasteiger partial charge on any atom is 0.361 e. The number of carbonyl (C=O) groups excluding carboxylic acids is 2. The average Bonchev–Trinajstić information content (AvgIpc) is 3.36. The third kappa shape index (κ3) is 56.8. The topological polar surface area (TPSA) is 108 Å². The lowest BCUT2D eigenvalue weighted by molar-refractivity contribution is -0.870. The lowest BCUT2D eigenvalue weighted by atomic mass is 10.0. The Morgan fingerprint density at radius 3 is 1.11 bits per heavy atom. The average molecular weight is 1030 g/mol. The Kier molecular flexibility index (Phi) is 53.4. The van der Waals surface area contributed by atoms with E-state index in [0.29, 0.717) is 17.4 Å². The molecular weight excluding hydrogens is 911 g/mol. The maximum absolute atomic E-state index is 12.9. The van der Waals surface area contributed by atoms with Crippen molar-refractivity contribution >= 4 is 17.9 Å². The number of allylic oxidation sites excluding steroid dienone is 8. The summed E-state index contributed by atoms with van der Waals surface area (Å²) in [7, 11) is 5.97. The van der Waals surface area contributed by atoms with Gasteiger partial charge in [-0.15, -0.1) is 0 Å². The molecule has 0 heterocycles. The van der Waals surface area contributed by atoms with Gasteiger partial charge in [0.15, 0.2) is 6.10 Å². The van der Waals surface area contributed by atoms with Gasteiger partial charge in [0.1, 0.15) is 13.2 Å². The largest absolute Gasteiger partial charge is 0.477 e. The standard InChI is InChI=1S/C64H117NO8/c1-6-8-10-12-14-16-18-20-22-24-25-26-27-28-29-30-31-32-33-34-35-36-37-39-41-43-45-47-49-51-53-55-62(67)73-60(59-72-64(63(68)69)70-57-56-65(3,4)5)58-71-61(66)54-52-50-48-46-44-42-40-38-23-21-19-17-15-13-11-9-7-2/h15,17-18,20-21,23-25,60,64H,6-14,16,19,22,26-59H2,1-5H3/p+1/b17-15-,20-18-,23-21-,25-24-. The first-order valence-corrected chi connectivity index (χ1v) is 30.8. The number of hydrogen-bond donors (Lipinski definition) is 1. The smallest absolute Gasteiger partial charge is 0.361 e. The quantitative estimate of drug-likeness (QED) is 0.0211. The first-order chi connectivity index (χ1) is 35.6. The number of nitrogens with zero attached hydrogens (tertiary/aromatic N) is 1. The number of carbonyl (C=O) groups is 3. The van der Waals surface area contributed by atoms with E-state index in [1.807, 2.05) is 21.1 Å². The summed E-state index contributed by atoms with van der Waals surface area (Å²) in [5, 5.41) is 9.71. The number of carboxylic acids is 1. The second kappa shape index (κ2) is 55.5. The van der Waals surface area contributed by atoms with Gasteiger partial charge in [-0.25, -0.2) is 4.79 Å². The molecule has 0 rings (SSSR count). The van der Waals surface area contributed by atoms with Gasteiger partial charge in [0.2, 0.25) is 0 Å². The number of ether oxygens (including phenoxy) is 4. The summed E-state index contributed by atoms with van der Waals surface area (Å²) in [6.45, 7) is 4.86. The molecule has 0 radical (unpaired) electrons. The van der Waals surface area contributed by atoms with E-state index in [2.05, 4.69) is 62.5 Å². The highest BCUT2D eigenvalue weighted by atomic mass is 16.7. The molecule has 2 atom stereocenters. The molecule has 0 saturated carbocycles. The number of unbranched alkanes of at least 4 members (excludes halogenated alkanes) is 34. The van der Waals surface area contributed by atoms with Gasteiger partial charge in [0.25, 0.3) is 6.29 Å². The van der Waals surface area contributed by atoms with E-state index in [1.165, 1.54) is 193 Å². The summed E-state index contributed by atoms with van der Waals surface area (Å²) in [4.78, 5) is 37.4. The molecule has 0 saturated heterocycles. The maximum atomic E-state index is 12.9. The van der Waals surface area contributed by atoms with E-state index in [0.717, 1.165) is 64.2 Å². The first kappa shape index (κ1) is 70.2. The fourth-order valence-corrected chi connectivity index (χ4v) is 8.78. The van der Waals surface area contributed by atoms with Crippen LogP contribution < -0.4 is 0 Å². The molecule has 0 aliphatic carbocycles. The zero-order valence-corrected chi connectivity index (χ0v) is 48.6. The number of aliphatic carboxylic acids is 1. The summed E-state index contributed by atoms with van der Waals surface area (Å²) in [5.41, 5.74) is 0. The zero-order chi connectivity index (χ0) is 53.4. The summed E-state index contributed by atoms with van der Waals surface area (Å²) in [5.74, 6) is -2.00. The van der Waals surface area contributed by atoms with Gasteiger partial charge < -0.3 is 28.5 Å². The molecule has 0 spiro atoms. The molecule has 0 aromatic heterocycles. The van der Waals surface area contributed by atoms with Gasteiger partial charge in [-0.1, -0.05) is 242 Å². The number of likely N-dealkylation sites (N-methyl/N-ethyl adjacent to an activating group) is 1. The minimum atomic E-state index is -1.51. The SMILES string of the molecule is CCCCC/C=C\C/C=C\CCCCCCCCCC(=O)OCC(COC(OCC[N+](C)(C)C)C(=O)O)OC(=O)CCCCCCCCCCCCCCCCCCCCC/C=C\C/C=C\CCCCCCC. The predicted molar refractivity (Wildman–Crippen MR) is 309 cm³/mol. The fourth-order valence-electron chi connectivity index (χ4n) is 8.78. The van der Waals surface area contributed by atoms with Crippen LogP contribution in [0.3, 0.4) is 0 Å². The van der Waals surface area contributed by atoms with Crippen molar-refractivity contribution < 1.29 is 42.9 Å². The number of hydrogen-bond acceptors (Lipinski definition) is 7. The van der Waals surface area contributed by atoms with Gasteiger partial charge in [0, 0.05) is 12.8 Å². The molecular formula is C64H118NO8+. The highest BCUT2D eigenvalue weighted by molar-refractivity contribution is 5.71. The normalized spacial score (nSPS) is 13.1. The molecule has 0 aromatic carbocycles. The van der Waals surface area contributed by atoms with Gasteiger partial charge in [0.05, 0.1) is 34.4 Å². The molecule has 426 valence electrons. The highest BCUT2D eigenvalue weighted by Crippen LogP contribution is 2.17. The lowest BCUT2D eigenvalue weighted by Gasteiger charge is -2.25. The van der Waals surface area contributed by atoms with E-state index in [-0.39, 0.29) is 32.2 Å². The minimum Gasteiger partial charge on any atom is -0.477 e. The lowest BCUT2D eigenvalue weighted by Crippen LogP contribution is -2.40. The van der Waals surface area contributed by atoms with Crippen LogP contribution in [0.4, 0.5) is 0 Å². The van der Waals surface area contributed by atoms with Crippen LogP contribution in [0.2, 0.25) is 0 Å². The molecule has 0 amide bonds. The van der Waals surface area contributed by atoms with Crippen LogP contribution in [0.1, 0.15) is 284 Å². The van der Waals surface area contributed by atoms with E-state index < -0.39 is 24.3 Å². The monoisotopic (exact) mass is 1030 g/mol. The van der Waals surface area contributed by atoms with Crippen molar-refractivity contribution in [3.63, 3.8) is 0 Å². The van der Waals surface area contributed by atoms with Crippen molar-refractivity contribution in [2.45, 2.75) is 296 Å². The Balaban J connectivity index is 4.12. The Morgan fingerprint density at radius 2 is 0.740 bits per heavy atom. The summed E-state index contributed by atoms with van der Waals surface area (Å²) in [6, 6.07) is 0. The summed E-state index contributed by atoms with van der Waals surface area (Å²) in [6.07, 6.45) is 66.3. The molecule has 0 aromatic rings. The second-order valence-electron chi connectivity index (χ2n) is 22.0. The van der Waals surface area contributed by atoms with Crippen LogP contribution in [-0.2, 0) is 33.3 Å². The van der Waals surface area contributed by atoms with E-state index in [9.17, 15) is 19.5 Å². The van der Waals surface area contributed by atoms with Crippen LogP contribution in [0.5, 0.6) is 0 Å². The third-order valence-electron chi connectivity index (χ3n) is 13.6. The molecule has 0 aliphatic rings. The van der Waals surface area contributed by atoms with E-state index in [1.54, 1.807) is 0 Å². The number of rotatable bonds is 57. The van der Waals surface area contributed by atoms with Crippen molar-refractivity contribution in [1.82, 2.24) is 0 Å². The van der Waals surface area contributed by atoms with Crippen molar-refractivity contribution in [3.8, 4) is 0 Å². The molecule has 1 N–H and O–H groups in total. The van der Waals surface area contributed by atoms with Crippen LogP contribution in [-0.4, -0.2) is 87.4 Å². The molecule has 73 heavy (non-hydrogen) atoms. The van der Waals surface area contributed by atoms with Crippen LogP contribution >= 0.6 is 0 Å². The Morgan fingerprint density at radius 1 is 0.411 bits per heavy atom. The van der Waals surface area contributed by atoms with Crippen molar-refractivity contribution in [2.24, 2.45) is 0 Å². The van der Waals surface area contributed by atoms with Crippen molar-refractivity contribution in [3.05, 3.63) is 48.6 Å². The molecule has 9 nitrogen and oxygen atoms in total. The second-order valence-corrected chi connectivity index (χ2v) is 22.0. The van der Waals surface area contributed by atoms with Crippen molar-refractivity contribution in [2.75, 3.05) is 47.5 Å². The molecule has 0 aliphatic heterocycles. The predicted octanol–water partition coefficient (Wildman–Crippen LogP) is 18.2. The molecule has 2 unspecified atom stereocenters. The molecule has 9 heteroatoms. The third-order valence-corrected chi connectivity index (χ3v) is 13.6. The highest BCUT2D eigenvalue weighted by Gasteiger charge is 2.25. The summed E-state index contributed by atoms with van der Waals surface area (Å²) >= 11 is 0. The molecule has 0 bridgehead atoms. The fraction of sp³-hybridized carbons (Fsp3) is 0.828. The van der Waals surface area contributed by atoms with Gasteiger partial charge in [-0.2, -0.15) is 0 Å². The number of carboxylic acid groups (broad SMARTS) is 1. The Bertz CT molecular complexity index is 1340. The van der Waals surface area contributed by atoms with Gasteiger partial charge >= 0.3 is 17.9 Å². The number of esters is 2. The Labute approximate surface area is 451 Å². The zero-order valence-electron chi connectivity index (χ0n) is 48.6. The van der Waals surface area contributed by atoms with E-state index in [4.69, 9.17) is 18.9 Å². The Hall–Kier alpha value is -2.75. The minimum absolute atomic E-state index is 0.184. The van der Waals surface area contributed by atoms with Crippen molar-refractivity contribution in [1.29, 1.82) is 0 Å². The van der Waals surface area contributed by atoms with Crippen LogP contribution in [0, 0.1) is 0 Å². The number of quaternary nitrogens is 1. The molecule has 0 fully saturated rings. The van der Waals surface area contributed by atoms with Gasteiger partial charge in [-0.05, 0) is 77.0 Å². The van der Waals surface area contributed by atoms with Crippen LogP contribution in [0.25, 0.3) is 0 Å². The van der Waals surface area contributed by atoms with Gasteiger partial charge in [-0.3, -0.25) is 9.59 Å². The summed E-state index contributed by atoms with van der Waals surface area (Å²) < 4.78 is 22.9.